The molecular formula is C20H20ClF3N4O2S. The summed E-state index contributed by atoms with van der Waals surface area (Å²) in [5.74, 6) is 0.952. The number of aryl methyl sites for hydroxylation is 1. The fraction of sp³-hybridized carbons (Fsp3) is 0.350. The highest BCUT2D eigenvalue weighted by Crippen LogP contribution is 2.25. The third kappa shape index (κ3) is 5.82. The first kappa shape index (κ1) is 23.2. The zero-order valence-corrected chi connectivity index (χ0v) is 18.6. The minimum Gasteiger partial charge on any atom is -0.486 e. The second-order valence-electron chi connectivity index (χ2n) is 6.90. The summed E-state index contributed by atoms with van der Waals surface area (Å²) >= 11 is 7.01. The third-order valence-corrected chi connectivity index (χ3v) is 5.92. The molecule has 6 nitrogen and oxygen atoms in total. The van der Waals surface area contributed by atoms with E-state index in [0.29, 0.717) is 33.1 Å². The van der Waals surface area contributed by atoms with E-state index < -0.39 is 12.7 Å². The van der Waals surface area contributed by atoms with Crippen LogP contribution in [0.25, 0.3) is 0 Å². The number of aromatic nitrogens is 4. The highest BCUT2D eigenvalue weighted by Gasteiger charge is 2.30. The van der Waals surface area contributed by atoms with E-state index in [-0.39, 0.29) is 23.7 Å². The Balaban J connectivity index is 1.62. The van der Waals surface area contributed by atoms with Crippen LogP contribution in [0.5, 0.6) is 5.75 Å². The Kier molecular flexibility index (Phi) is 7.00. The van der Waals surface area contributed by atoms with E-state index in [1.807, 2.05) is 0 Å². The van der Waals surface area contributed by atoms with Crippen molar-refractivity contribution in [3.63, 3.8) is 0 Å². The number of carbonyl (C=O) groups is 1. The van der Waals surface area contributed by atoms with Crippen LogP contribution in [-0.2, 0) is 20.2 Å². The highest BCUT2D eigenvalue weighted by atomic mass is 35.5. The van der Waals surface area contributed by atoms with Crippen LogP contribution in [0.3, 0.4) is 0 Å². The van der Waals surface area contributed by atoms with Crippen LogP contribution in [0, 0.1) is 13.8 Å². The summed E-state index contributed by atoms with van der Waals surface area (Å²) in [7, 11) is 1.75. The van der Waals surface area contributed by atoms with Crippen molar-refractivity contribution >= 4 is 29.1 Å². The van der Waals surface area contributed by atoms with Gasteiger partial charge in [-0.15, -0.1) is 10.2 Å². The van der Waals surface area contributed by atoms with Crippen LogP contribution in [0.2, 0.25) is 5.02 Å². The molecule has 11 heteroatoms. The van der Waals surface area contributed by atoms with Crippen molar-refractivity contribution in [3.05, 3.63) is 58.1 Å². The van der Waals surface area contributed by atoms with Gasteiger partial charge in [0, 0.05) is 29.0 Å². The molecule has 0 saturated heterocycles. The van der Waals surface area contributed by atoms with E-state index in [1.54, 1.807) is 42.8 Å². The van der Waals surface area contributed by atoms with E-state index in [0.717, 1.165) is 4.57 Å². The van der Waals surface area contributed by atoms with Crippen LogP contribution in [0.4, 0.5) is 13.2 Å². The molecule has 3 aromatic rings. The summed E-state index contributed by atoms with van der Waals surface area (Å²) in [5, 5.41) is 9.26. The van der Waals surface area contributed by atoms with Crippen molar-refractivity contribution in [2.24, 2.45) is 7.05 Å². The highest BCUT2D eigenvalue weighted by molar-refractivity contribution is 7.99. The maximum Gasteiger partial charge on any atom is 0.406 e. The zero-order valence-electron chi connectivity index (χ0n) is 17.0. The first-order chi connectivity index (χ1) is 14.5. The molecule has 0 bridgehead atoms. The van der Waals surface area contributed by atoms with E-state index in [4.69, 9.17) is 16.3 Å². The van der Waals surface area contributed by atoms with E-state index >= 15 is 0 Å². The van der Waals surface area contributed by atoms with Crippen LogP contribution in [0.1, 0.15) is 27.6 Å². The van der Waals surface area contributed by atoms with Gasteiger partial charge in [-0.3, -0.25) is 4.79 Å². The molecule has 0 radical (unpaired) electrons. The second kappa shape index (κ2) is 9.35. The van der Waals surface area contributed by atoms with Crippen LogP contribution in [-0.4, -0.2) is 37.0 Å². The number of benzene rings is 1. The monoisotopic (exact) mass is 472 g/mol. The van der Waals surface area contributed by atoms with Crippen molar-refractivity contribution in [1.29, 1.82) is 0 Å². The van der Waals surface area contributed by atoms with Gasteiger partial charge < -0.3 is 13.9 Å². The first-order valence-electron chi connectivity index (χ1n) is 9.21. The van der Waals surface area contributed by atoms with Gasteiger partial charge in [-0.2, -0.15) is 13.2 Å². The summed E-state index contributed by atoms with van der Waals surface area (Å²) in [4.78, 5) is 12.6. The summed E-state index contributed by atoms with van der Waals surface area (Å²) < 4.78 is 46.8. The Morgan fingerprint density at radius 1 is 1.19 bits per heavy atom. The number of carbonyl (C=O) groups excluding carboxylic acids is 1. The standard InChI is InChI=1S/C20H20ClF3N4O2S/c1-12-8-16(13(2)28(12)11-20(22,23)24)17(29)10-31-19-26-25-18(27(19)3)9-30-15-6-4-14(21)5-7-15/h4-8H,9-11H2,1-3H3. The molecule has 0 fully saturated rings. The maximum absolute atomic E-state index is 12.8. The van der Waals surface area contributed by atoms with Gasteiger partial charge in [0.05, 0.1) is 5.75 Å². The number of nitrogens with zero attached hydrogens (tertiary/aromatic N) is 4. The van der Waals surface area contributed by atoms with Gasteiger partial charge in [-0.25, -0.2) is 0 Å². The number of halogens is 4. The van der Waals surface area contributed by atoms with E-state index in [1.165, 1.54) is 24.8 Å². The number of ketones is 1. The van der Waals surface area contributed by atoms with Crippen molar-refractivity contribution < 1.29 is 22.7 Å². The van der Waals surface area contributed by atoms with Crippen LogP contribution < -0.4 is 4.74 Å². The second-order valence-corrected chi connectivity index (χ2v) is 8.28. The third-order valence-electron chi connectivity index (χ3n) is 4.65. The Labute approximate surface area is 186 Å². The number of ether oxygens (including phenoxy) is 1. The molecule has 2 heterocycles. The molecule has 0 spiro atoms. The predicted octanol–water partition coefficient (Wildman–Crippen LogP) is 5.00. The SMILES string of the molecule is Cc1cc(C(=O)CSc2nnc(COc3ccc(Cl)cc3)n2C)c(C)n1CC(F)(F)F. The Morgan fingerprint density at radius 3 is 2.52 bits per heavy atom. The molecule has 0 N–H and O–H groups in total. The first-order valence-corrected chi connectivity index (χ1v) is 10.6. The average Bonchev–Trinajstić information content (AvgIpc) is 3.19. The molecular weight excluding hydrogens is 453 g/mol. The average molecular weight is 473 g/mol. The lowest BCUT2D eigenvalue weighted by atomic mass is 10.2. The molecule has 0 aliphatic heterocycles. The van der Waals surface area contributed by atoms with E-state index in [2.05, 4.69) is 10.2 Å². The molecule has 0 saturated carbocycles. The van der Waals surface area contributed by atoms with Crippen molar-refractivity contribution in [3.8, 4) is 5.75 Å². The maximum atomic E-state index is 12.8. The fourth-order valence-corrected chi connectivity index (χ4v) is 3.93. The number of hydrogen-bond donors (Lipinski definition) is 0. The quantitative estimate of drug-likeness (QED) is 0.341. The summed E-state index contributed by atoms with van der Waals surface area (Å²) in [6, 6.07) is 8.40. The molecule has 0 aliphatic carbocycles. The van der Waals surface area contributed by atoms with Gasteiger partial charge >= 0.3 is 6.18 Å². The lowest BCUT2D eigenvalue weighted by Gasteiger charge is -2.12. The lowest BCUT2D eigenvalue weighted by molar-refractivity contribution is -0.141. The van der Waals surface area contributed by atoms with Crippen LogP contribution in [0.15, 0.2) is 35.5 Å². The molecule has 1 aromatic carbocycles. The largest absolute Gasteiger partial charge is 0.486 e. The molecule has 31 heavy (non-hydrogen) atoms. The number of rotatable bonds is 8. The number of alkyl halides is 3. The predicted molar refractivity (Wildman–Crippen MR) is 112 cm³/mol. The summed E-state index contributed by atoms with van der Waals surface area (Å²) in [5.41, 5.74) is 0.974. The van der Waals surface area contributed by atoms with Gasteiger partial charge in [0.1, 0.15) is 18.9 Å². The summed E-state index contributed by atoms with van der Waals surface area (Å²) in [6.07, 6.45) is -4.35. The summed E-state index contributed by atoms with van der Waals surface area (Å²) in [6.45, 7) is 2.13. The molecule has 3 rings (SSSR count). The fourth-order valence-electron chi connectivity index (χ4n) is 2.99. The van der Waals surface area contributed by atoms with E-state index in [9.17, 15) is 18.0 Å². The van der Waals surface area contributed by atoms with Gasteiger partial charge in [-0.05, 0) is 44.2 Å². The number of hydrogen-bond acceptors (Lipinski definition) is 5. The Bertz CT molecular complexity index is 1080. The van der Waals surface area contributed by atoms with Gasteiger partial charge in [0.2, 0.25) is 0 Å². The van der Waals surface area contributed by atoms with Crippen molar-refractivity contribution in [2.45, 2.75) is 38.3 Å². The smallest absolute Gasteiger partial charge is 0.406 e. The van der Waals surface area contributed by atoms with Crippen molar-refractivity contribution in [2.75, 3.05) is 5.75 Å². The zero-order chi connectivity index (χ0) is 22.8. The molecule has 0 unspecified atom stereocenters. The Hall–Kier alpha value is -2.46. The molecule has 2 aromatic heterocycles. The van der Waals surface area contributed by atoms with Crippen LogP contribution >= 0.6 is 23.4 Å². The number of thioether (sulfide) groups is 1. The number of Topliss-reactive ketones (excluding diaryl/α,β-unsaturated/α-hetero) is 1. The van der Waals surface area contributed by atoms with Gasteiger partial charge in [0.25, 0.3) is 0 Å². The topological polar surface area (TPSA) is 61.9 Å². The molecule has 0 atom stereocenters. The van der Waals surface area contributed by atoms with Gasteiger partial charge in [0.15, 0.2) is 16.8 Å². The normalized spacial score (nSPS) is 11.7. The lowest BCUT2D eigenvalue weighted by Crippen LogP contribution is -2.19. The molecule has 0 aliphatic rings. The molecule has 166 valence electrons. The van der Waals surface area contributed by atoms with Crippen molar-refractivity contribution in [1.82, 2.24) is 19.3 Å². The molecule has 0 amide bonds. The minimum atomic E-state index is -4.35. The minimum absolute atomic E-state index is 0.0281. The van der Waals surface area contributed by atoms with Gasteiger partial charge in [-0.1, -0.05) is 23.4 Å². The Morgan fingerprint density at radius 2 is 1.87 bits per heavy atom.